The first kappa shape index (κ1) is 24.3. The maximum absolute atomic E-state index is 12.8. The van der Waals surface area contributed by atoms with Crippen LogP contribution in [0.4, 0.5) is 0 Å². The summed E-state index contributed by atoms with van der Waals surface area (Å²) < 4.78 is 40.0. The Bertz CT molecular complexity index is 1130. The number of fused-ring (bicyclic) bond motifs is 2. The highest BCUT2D eigenvalue weighted by atomic mass is 32.2. The van der Waals surface area contributed by atoms with Crippen LogP contribution in [0.5, 0.6) is 5.75 Å². The Kier molecular flexibility index (Phi) is 6.81. The average molecular weight is 505 g/mol. The molecule has 2 atom stereocenters. The lowest BCUT2D eigenvalue weighted by atomic mass is 9.77. The van der Waals surface area contributed by atoms with Crippen molar-refractivity contribution in [1.29, 1.82) is 0 Å². The highest BCUT2D eigenvalue weighted by Crippen LogP contribution is 2.46. The van der Waals surface area contributed by atoms with E-state index in [1.54, 1.807) is 31.4 Å². The van der Waals surface area contributed by atoms with E-state index in [1.165, 1.54) is 15.3 Å². The molecule has 8 heteroatoms. The van der Waals surface area contributed by atoms with Crippen LogP contribution in [-0.2, 0) is 33.2 Å². The number of aryl methyl sites for hydroxylation is 1. The molecule has 1 aliphatic carbocycles. The van der Waals surface area contributed by atoms with Crippen molar-refractivity contribution in [2.75, 3.05) is 26.8 Å². The Morgan fingerprint density at radius 3 is 2.85 bits per heavy atom. The van der Waals surface area contributed by atoms with Crippen LogP contribution in [0.25, 0.3) is 0 Å². The fourth-order valence-corrected chi connectivity index (χ4v) is 8.39. The first-order valence-electron chi connectivity index (χ1n) is 12.5. The van der Waals surface area contributed by atoms with E-state index in [-0.39, 0.29) is 16.5 Å². The number of nitrogens with zero attached hydrogens (tertiary/aromatic N) is 1. The fourth-order valence-electron chi connectivity index (χ4n) is 5.91. The SMILES string of the molecule is CCc1cc2c(s1)CCO[C@@]21CCN(CC2CC(NS(=O)(=O)c3cccc(OC)c3)C2)[C@@H](C)C1. The van der Waals surface area contributed by atoms with Crippen LogP contribution in [0.1, 0.15) is 54.8 Å². The molecule has 34 heavy (non-hydrogen) atoms. The number of rotatable bonds is 7. The van der Waals surface area contributed by atoms with Crippen molar-refractivity contribution in [3.8, 4) is 5.75 Å². The maximum atomic E-state index is 12.8. The minimum Gasteiger partial charge on any atom is -0.497 e. The quantitative estimate of drug-likeness (QED) is 0.608. The molecule has 1 saturated heterocycles. The van der Waals surface area contributed by atoms with E-state index >= 15 is 0 Å². The average Bonchev–Trinajstić information content (AvgIpc) is 3.24. The second-order valence-corrected chi connectivity index (χ2v) is 13.1. The summed E-state index contributed by atoms with van der Waals surface area (Å²) in [6.07, 6.45) is 6.02. The van der Waals surface area contributed by atoms with Crippen molar-refractivity contribution < 1.29 is 17.9 Å². The third-order valence-corrected chi connectivity index (χ3v) is 10.7. The van der Waals surface area contributed by atoms with Crippen molar-refractivity contribution in [2.24, 2.45) is 5.92 Å². The number of ether oxygens (including phenoxy) is 2. The van der Waals surface area contributed by atoms with Gasteiger partial charge in [-0.2, -0.15) is 0 Å². The van der Waals surface area contributed by atoms with E-state index in [0.29, 0.717) is 17.7 Å². The summed E-state index contributed by atoms with van der Waals surface area (Å²) in [5.74, 6) is 1.08. The van der Waals surface area contributed by atoms with Gasteiger partial charge in [-0.05, 0) is 68.7 Å². The van der Waals surface area contributed by atoms with Crippen molar-refractivity contribution >= 4 is 21.4 Å². The third-order valence-electron chi connectivity index (χ3n) is 7.86. The van der Waals surface area contributed by atoms with Gasteiger partial charge in [0.2, 0.25) is 10.0 Å². The van der Waals surface area contributed by atoms with Crippen molar-refractivity contribution in [1.82, 2.24) is 9.62 Å². The summed E-state index contributed by atoms with van der Waals surface area (Å²) in [5.41, 5.74) is 1.35. The van der Waals surface area contributed by atoms with E-state index < -0.39 is 10.0 Å². The van der Waals surface area contributed by atoms with E-state index in [0.717, 1.165) is 58.2 Å². The van der Waals surface area contributed by atoms with Gasteiger partial charge in [0.1, 0.15) is 5.75 Å². The molecular weight excluding hydrogens is 468 g/mol. The molecule has 1 spiro atoms. The predicted molar refractivity (Wildman–Crippen MR) is 135 cm³/mol. The van der Waals surface area contributed by atoms with Gasteiger partial charge >= 0.3 is 0 Å². The van der Waals surface area contributed by atoms with Crippen LogP contribution < -0.4 is 9.46 Å². The fraction of sp³-hybridized carbons (Fsp3) is 0.615. The number of thiophene rings is 1. The van der Waals surface area contributed by atoms with Gasteiger partial charge in [0.15, 0.2) is 0 Å². The minimum atomic E-state index is -3.53. The second kappa shape index (κ2) is 9.54. The maximum Gasteiger partial charge on any atom is 0.240 e. The van der Waals surface area contributed by atoms with Crippen LogP contribution in [0.3, 0.4) is 0 Å². The van der Waals surface area contributed by atoms with Crippen LogP contribution in [0.2, 0.25) is 0 Å². The zero-order valence-corrected chi connectivity index (χ0v) is 22.0. The van der Waals surface area contributed by atoms with Gasteiger partial charge in [-0.1, -0.05) is 13.0 Å². The standard InChI is InChI=1S/C26H36N2O4S2/c1-4-22-15-24-25(33-22)8-11-32-26(24)9-10-28(18(2)16-26)17-19-12-20(13-19)27-34(29,30)23-7-5-6-21(14-23)31-3/h5-7,14-15,18-20,27H,4,8-13,16-17H2,1-3H3/t18-,19?,20?,26+/m0/s1. The molecule has 0 bridgehead atoms. The highest BCUT2D eigenvalue weighted by Gasteiger charge is 2.45. The third kappa shape index (κ3) is 4.67. The van der Waals surface area contributed by atoms with Crippen LogP contribution >= 0.6 is 11.3 Å². The van der Waals surface area contributed by atoms with Gasteiger partial charge in [-0.25, -0.2) is 13.1 Å². The Morgan fingerprint density at radius 1 is 1.29 bits per heavy atom. The summed E-state index contributed by atoms with van der Waals surface area (Å²) in [7, 11) is -1.98. The molecule has 0 unspecified atom stereocenters. The molecule has 0 amide bonds. The topological polar surface area (TPSA) is 67.9 Å². The number of hydrogen-bond acceptors (Lipinski definition) is 6. The lowest BCUT2D eigenvalue weighted by Gasteiger charge is -2.49. The molecular formula is C26H36N2O4S2. The number of nitrogens with one attached hydrogen (secondary N) is 1. The molecule has 6 nitrogen and oxygen atoms in total. The Morgan fingerprint density at radius 2 is 2.12 bits per heavy atom. The van der Waals surface area contributed by atoms with Gasteiger partial charge in [-0.15, -0.1) is 11.3 Å². The number of piperidine rings is 1. The van der Waals surface area contributed by atoms with Crippen molar-refractivity contribution in [3.05, 3.63) is 45.6 Å². The number of sulfonamides is 1. The molecule has 5 rings (SSSR count). The first-order valence-corrected chi connectivity index (χ1v) is 14.8. The molecule has 1 aromatic heterocycles. The summed E-state index contributed by atoms with van der Waals surface area (Å²) in [6.45, 7) is 7.47. The number of methoxy groups -OCH3 is 1. The molecule has 2 aromatic rings. The van der Waals surface area contributed by atoms with E-state index in [2.05, 4.69) is 29.5 Å². The van der Waals surface area contributed by atoms with E-state index in [1.807, 2.05) is 11.3 Å². The number of benzene rings is 1. The van der Waals surface area contributed by atoms with Gasteiger partial charge in [0, 0.05) is 47.4 Å². The lowest BCUT2D eigenvalue weighted by Crippen LogP contribution is -2.54. The Hall–Kier alpha value is -1.45. The van der Waals surface area contributed by atoms with E-state index in [4.69, 9.17) is 9.47 Å². The van der Waals surface area contributed by atoms with Gasteiger partial charge in [-0.3, -0.25) is 0 Å². The molecule has 3 aliphatic rings. The zero-order chi connectivity index (χ0) is 23.9. The largest absolute Gasteiger partial charge is 0.497 e. The van der Waals surface area contributed by atoms with Gasteiger partial charge < -0.3 is 14.4 Å². The predicted octanol–water partition coefficient (Wildman–Crippen LogP) is 4.33. The highest BCUT2D eigenvalue weighted by molar-refractivity contribution is 7.89. The Labute approximate surface area is 207 Å². The molecule has 3 heterocycles. The van der Waals surface area contributed by atoms with Crippen molar-refractivity contribution in [2.45, 2.75) is 75.0 Å². The molecule has 2 fully saturated rings. The molecule has 1 saturated carbocycles. The summed E-state index contributed by atoms with van der Waals surface area (Å²) in [5, 5.41) is 0. The minimum absolute atomic E-state index is 0.00940. The van der Waals surface area contributed by atoms with Crippen LogP contribution in [0, 0.1) is 5.92 Å². The Balaban J connectivity index is 1.15. The van der Waals surface area contributed by atoms with Crippen LogP contribution in [0.15, 0.2) is 35.2 Å². The summed E-state index contributed by atoms with van der Waals surface area (Å²) in [4.78, 5) is 5.86. The molecule has 0 radical (unpaired) electrons. The van der Waals surface area contributed by atoms with Crippen LogP contribution in [-0.4, -0.2) is 52.2 Å². The van der Waals surface area contributed by atoms with Gasteiger partial charge in [0.25, 0.3) is 0 Å². The summed E-state index contributed by atoms with van der Waals surface area (Å²) in [6, 6.07) is 9.52. The molecule has 1 aromatic carbocycles. The molecule has 186 valence electrons. The number of hydrogen-bond donors (Lipinski definition) is 1. The normalized spacial score (nSPS) is 29.6. The lowest BCUT2D eigenvalue weighted by molar-refractivity contribution is -0.114. The smallest absolute Gasteiger partial charge is 0.240 e. The monoisotopic (exact) mass is 504 g/mol. The van der Waals surface area contributed by atoms with Gasteiger partial charge in [0.05, 0.1) is 24.2 Å². The summed E-state index contributed by atoms with van der Waals surface area (Å²) >= 11 is 1.98. The molecule has 1 N–H and O–H groups in total. The second-order valence-electron chi connectivity index (χ2n) is 10.1. The molecule has 2 aliphatic heterocycles. The zero-order valence-electron chi connectivity index (χ0n) is 20.4. The number of likely N-dealkylation sites (tertiary alicyclic amines) is 1. The first-order chi connectivity index (χ1) is 16.3. The van der Waals surface area contributed by atoms with Crippen molar-refractivity contribution in [3.63, 3.8) is 0 Å². The van der Waals surface area contributed by atoms with E-state index in [9.17, 15) is 8.42 Å².